The topological polar surface area (TPSA) is 0 Å². The quantitative estimate of drug-likeness (QED) is 0.351. The maximum absolute atomic E-state index is 12.4. The van der Waals surface area contributed by atoms with Gasteiger partial charge in [0.25, 0.3) is 0 Å². The van der Waals surface area contributed by atoms with Crippen molar-refractivity contribution in [2.45, 2.75) is 0 Å². The lowest BCUT2D eigenvalue weighted by Crippen LogP contribution is -2.36. The largest absolute Gasteiger partial charge is 0.656 e. The third-order valence-electron chi connectivity index (χ3n) is 1.18. The van der Waals surface area contributed by atoms with Crippen LogP contribution in [0.1, 0.15) is 0 Å². The predicted octanol–water partition coefficient (Wildman–Crippen LogP) is 1.88. The molecular weight excluding hydrogens is 176 g/mol. The summed E-state index contributed by atoms with van der Waals surface area (Å²) in [6.07, 6.45) is 0. The van der Waals surface area contributed by atoms with Crippen LogP contribution in [0.25, 0.3) is 0 Å². The SMILES string of the molecule is Fc1ccccc1[Si](F)(F)F. The Morgan fingerprint density at radius 3 is 1.91 bits per heavy atom. The molecule has 0 atom stereocenters. The van der Waals surface area contributed by atoms with Crippen LogP contribution < -0.4 is 5.19 Å². The molecule has 0 saturated heterocycles. The van der Waals surface area contributed by atoms with Crippen molar-refractivity contribution in [3.8, 4) is 0 Å². The Morgan fingerprint density at radius 1 is 1.00 bits per heavy atom. The lowest BCUT2D eigenvalue weighted by Gasteiger charge is -2.01. The second-order valence-corrected chi connectivity index (χ2v) is 3.51. The summed E-state index contributed by atoms with van der Waals surface area (Å²) in [5.74, 6) is -1.17. The molecule has 0 bridgehead atoms. The zero-order chi connectivity index (χ0) is 8.48. The van der Waals surface area contributed by atoms with E-state index in [-0.39, 0.29) is 0 Å². The van der Waals surface area contributed by atoms with Crippen molar-refractivity contribution in [2.75, 3.05) is 0 Å². The van der Waals surface area contributed by atoms with Crippen molar-refractivity contribution in [1.82, 2.24) is 0 Å². The molecule has 0 fully saturated rings. The first-order valence-corrected chi connectivity index (χ1v) is 4.47. The first-order valence-electron chi connectivity index (χ1n) is 2.83. The summed E-state index contributed by atoms with van der Waals surface area (Å²) in [6, 6.07) is 4.00. The van der Waals surface area contributed by atoms with Gasteiger partial charge in [-0.05, 0) is 6.07 Å². The third-order valence-corrected chi connectivity index (χ3v) is 2.20. The second-order valence-electron chi connectivity index (χ2n) is 1.98. The van der Waals surface area contributed by atoms with Crippen LogP contribution in [0.3, 0.4) is 0 Å². The van der Waals surface area contributed by atoms with Gasteiger partial charge in [0.05, 0.1) is 5.19 Å². The van der Waals surface area contributed by atoms with Crippen LogP contribution in [-0.4, -0.2) is 9.08 Å². The van der Waals surface area contributed by atoms with Crippen molar-refractivity contribution in [1.29, 1.82) is 0 Å². The van der Waals surface area contributed by atoms with Crippen molar-refractivity contribution in [2.24, 2.45) is 0 Å². The van der Waals surface area contributed by atoms with Gasteiger partial charge in [-0.1, -0.05) is 18.2 Å². The molecule has 0 aliphatic rings. The van der Waals surface area contributed by atoms with Crippen LogP contribution in [0.4, 0.5) is 16.7 Å². The van der Waals surface area contributed by atoms with Gasteiger partial charge >= 0.3 is 9.08 Å². The molecule has 5 heteroatoms. The summed E-state index contributed by atoms with van der Waals surface area (Å²) in [7, 11) is -5.95. The summed E-state index contributed by atoms with van der Waals surface area (Å²) in [5, 5.41) is -1.08. The maximum atomic E-state index is 12.4. The van der Waals surface area contributed by atoms with Gasteiger partial charge in [0, 0.05) is 0 Å². The van der Waals surface area contributed by atoms with Gasteiger partial charge in [-0.15, -0.1) is 0 Å². The Morgan fingerprint density at radius 2 is 1.55 bits per heavy atom. The van der Waals surface area contributed by atoms with Gasteiger partial charge in [-0.3, -0.25) is 0 Å². The molecule has 0 nitrogen and oxygen atoms in total. The number of hydrogen-bond acceptors (Lipinski definition) is 0. The molecule has 0 aliphatic carbocycles. The standard InChI is InChI=1S/C6H4F4Si/c7-5-3-1-2-4-6(5)11(8,9)10/h1-4H. The van der Waals surface area contributed by atoms with Crippen molar-refractivity contribution < 1.29 is 16.7 Å². The Bertz CT molecular complexity index is 255. The van der Waals surface area contributed by atoms with Crippen molar-refractivity contribution >= 4 is 14.3 Å². The first kappa shape index (κ1) is 8.26. The molecule has 0 N–H and O–H groups in total. The van der Waals surface area contributed by atoms with E-state index in [9.17, 15) is 16.7 Å². The Kier molecular flexibility index (Phi) is 1.99. The van der Waals surface area contributed by atoms with Crippen molar-refractivity contribution in [3.05, 3.63) is 30.1 Å². The summed E-state index contributed by atoms with van der Waals surface area (Å²) in [6.45, 7) is 0. The van der Waals surface area contributed by atoms with Gasteiger partial charge in [-0.2, -0.15) is 0 Å². The Hall–Kier alpha value is -0.843. The minimum absolute atomic E-state index is 0.765. The van der Waals surface area contributed by atoms with Gasteiger partial charge < -0.3 is 0 Å². The lowest BCUT2D eigenvalue weighted by atomic mass is 10.3. The molecule has 11 heavy (non-hydrogen) atoms. The molecule has 1 aromatic carbocycles. The minimum atomic E-state index is -5.95. The van der Waals surface area contributed by atoms with Crippen LogP contribution in [0, 0.1) is 5.82 Å². The number of halogens is 4. The minimum Gasteiger partial charge on any atom is -0.234 e. The third kappa shape index (κ3) is 1.80. The molecule has 1 rings (SSSR count). The van der Waals surface area contributed by atoms with E-state index < -0.39 is 20.1 Å². The summed E-state index contributed by atoms with van der Waals surface area (Å²) in [4.78, 5) is 0. The Balaban J connectivity index is 3.14. The molecule has 0 unspecified atom stereocenters. The first-order chi connectivity index (χ1) is 5.02. The van der Waals surface area contributed by atoms with Gasteiger partial charge in [0.2, 0.25) is 0 Å². The van der Waals surface area contributed by atoms with Crippen LogP contribution >= 0.6 is 0 Å². The maximum Gasteiger partial charge on any atom is 0.656 e. The van der Waals surface area contributed by atoms with Crippen LogP contribution in [0.2, 0.25) is 0 Å². The fraction of sp³-hybridized carbons (Fsp3) is 0. The van der Waals surface area contributed by atoms with E-state index in [1.807, 2.05) is 0 Å². The van der Waals surface area contributed by atoms with Crippen LogP contribution in [0.5, 0.6) is 0 Å². The zero-order valence-corrected chi connectivity index (χ0v) is 6.32. The lowest BCUT2D eigenvalue weighted by molar-refractivity contribution is 0.494. The van der Waals surface area contributed by atoms with E-state index in [1.54, 1.807) is 0 Å². The number of hydrogen-bond donors (Lipinski definition) is 0. The number of benzene rings is 1. The van der Waals surface area contributed by atoms with E-state index >= 15 is 0 Å². The van der Waals surface area contributed by atoms with E-state index in [0.717, 1.165) is 12.1 Å². The highest BCUT2D eigenvalue weighted by atomic mass is 28.5. The molecule has 0 spiro atoms. The van der Waals surface area contributed by atoms with Gasteiger partial charge in [0.1, 0.15) is 5.82 Å². The highest BCUT2D eigenvalue weighted by Gasteiger charge is 2.42. The monoisotopic (exact) mass is 180 g/mol. The van der Waals surface area contributed by atoms with Crippen LogP contribution in [-0.2, 0) is 0 Å². The summed E-state index contributed by atoms with van der Waals surface area (Å²) in [5.41, 5.74) is 0. The Labute approximate surface area is 62.0 Å². The molecule has 0 heterocycles. The molecular formula is C6H4F4Si. The summed E-state index contributed by atoms with van der Waals surface area (Å²) < 4.78 is 48.2. The van der Waals surface area contributed by atoms with E-state index in [2.05, 4.69) is 0 Å². The molecule has 60 valence electrons. The predicted molar refractivity (Wildman–Crippen MR) is 35.1 cm³/mol. The normalized spacial score (nSPS) is 11.6. The molecule has 0 saturated carbocycles. The van der Waals surface area contributed by atoms with E-state index in [0.29, 0.717) is 0 Å². The smallest absolute Gasteiger partial charge is 0.234 e. The fourth-order valence-corrected chi connectivity index (χ4v) is 1.33. The highest BCUT2D eigenvalue weighted by Crippen LogP contribution is 2.10. The average Bonchev–Trinajstić information content (AvgIpc) is 1.86. The fourth-order valence-electron chi connectivity index (χ4n) is 0.691. The van der Waals surface area contributed by atoms with Crippen LogP contribution in [0.15, 0.2) is 24.3 Å². The molecule has 0 amide bonds. The zero-order valence-electron chi connectivity index (χ0n) is 5.32. The molecule has 0 radical (unpaired) electrons. The molecule has 0 aromatic heterocycles. The van der Waals surface area contributed by atoms with Gasteiger partial charge in [-0.25, -0.2) is 16.7 Å². The average molecular weight is 180 g/mol. The van der Waals surface area contributed by atoms with Gasteiger partial charge in [0.15, 0.2) is 0 Å². The van der Waals surface area contributed by atoms with E-state index in [4.69, 9.17) is 0 Å². The highest BCUT2D eigenvalue weighted by molar-refractivity contribution is 6.73. The summed E-state index contributed by atoms with van der Waals surface area (Å²) >= 11 is 0. The molecule has 1 aromatic rings. The molecule has 0 aliphatic heterocycles. The van der Waals surface area contributed by atoms with Crippen molar-refractivity contribution in [3.63, 3.8) is 0 Å². The number of rotatable bonds is 1. The van der Waals surface area contributed by atoms with E-state index in [1.165, 1.54) is 12.1 Å². The second kappa shape index (κ2) is 2.65.